The maximum atomic E-state index is 11.5. The van der Waals surface area contributed by atoms with Gasteiger partial charge in [0.2, 0.25) is 0 Å². The Morgan fingerprint density at radius 1 is 1.59 bits per heavy atom. The number of aliphatic hydroxyl groups excluding tert-OH is 1. The number of carbonyl (C=O) groups is 1. The standard InChI is InChI=1S/C13H15IO3/c1-3-7-17-13(16)9(2)12(15)10-5-4-6-11(14)8-10/h4-6,8,12,15H,2-3,7H2,1H3. The van der Waals surface area contributed by atoms with Crippen molar-refractivity contribution in [1.82, 2.24) is 0 Å². The lowest BCUT2D eigenvalue weighted by Crippen LogP contribution is -2.14. The van der Waals surface area contributed by atoms with Crippen LogP contribution in [0.3, 0.4) is 0 Å². The average Bonchev–Trinajstić information content (AvgIpc) is 2.34. The zero-order valence-corrected chi connectivity index (χ0v) is 11.8. The van der Waals surface area contributed by atoms with Crippen LogP contribution in [0, 0.1) is 3.57 Å². The predicted molar refractivity (Wildman–Crippen MR) is 74.5 cm³/mol. The summed E-state index contributed by atoms with van der Waals surface area (Å²) in [5.41, 5.74) is 0.718. The van der Waals surface area contributed by atoms with Crippen LogP contribution in [0.25, 0.3) is 0 Å². The lowest BCUT2D eigenvalue weighted by atomic mass is 10.0. The molecule has 4 heteroatoms. The zero-order valence-electron chi connectivity index (χ0n) is 9.65. The molecule has 0 heterocycles. The lowest BCUT2D eigenvalue weighted by molar-refractivity contribution is -0.140. The molecule has 1 aromatic carbocycles. The Bertz CT molecular complexity index is 415. The fourth-order valence-corrected chi connectivity index (χ4v) is 1.84. The van der Waals surface area contributed by atoms with Crippen LogP contribution in [0.2, 0.25) is 0 Å². The molecule has 0 spiro atoms. The van der Waals surface area contributed by atoms with Crippen molar-refractivity contribution < 1.29 is 14.6 Å². The summed E-state index contributed by atoms with van der Waals surface area (Å²) in [4.78, 5) is 11.5. The summed E-state index contributed by atoms with van der Waals surface area (Å²) in [5.74, 6) is -0.543. The fourth-order valence-electron chi connectivity index (χ4n) is 1.28. The normalized spacial score (nSPS) is 11.9. The number of ether oxygens (including phenoxy) is 1. The Hall–Kier alpha value is -0.880. The van der Waals surface area contributed by atoms with Gasteiger partial charge in [0.25, 0.3) is 0 Å². The fraction of sp³-hybridized carbons (Fsp3) is 0.308. The lowest BCUT2D eigenvalue weighted by Gasteiger charge is -2.13. The molecule has 92 valence electrons. The smallest absolute Gasteiger partial charge is 0.336 e. The van der Waals surface area contributed by atoms with Gasteiger partial charge in [-0.15, -0.1) is 0 Å². The van der Waals surface area contributed by atoms with Gasteiger partial charge in [0.1, 0.15) is 6.10 Å². The molecule has 0 aromatic heterocycles. The molecule has 1 atom stereocenters. The molecular weight excluding hydrogens is 331 g/mol. The summed E-state index contributed by atoms with van der Waals surface area (Å²) in [5, 5.41) is 9.98. The maximum Gasteiger partial charge on any atom is 0.336 e. The number of hydrogen-bond acceptors (Lipinski definition) is 3. The van der Waals surface area contributed by atoms with Gasteiger partial charge in [0, 0.05) is 3.57 Å². The van der Waals surface area contributed by atoms with Gasteiger partial charge < -0.3 is 9.84 Å². The van der Waals surface area contributed by atoms with Crippen molar-refractivity contribution in [3.8, 4) is 0 Å². The van der Waals surface area contributed by atoms with Crippen LogP contribution in [0.15, 0.2) is 36.4 Å². The van der Waals surface area contributed by atoms with Crippen LogP contribution in [-0.2, 0) is 9.53 Å². The Kier molecular flexibility index (Phi) is 5.64. The van der Waals surface area contributed by atoms with E-state index < -0.39 is 12.1 Å². The Morgan fingerprint density at radius 2 is 2.29 bits per heavy atom. The molecule has 0 saturated heterocycles. The van der Waals surface area contributed by atoms with Crippen LogP contribution < -0.4 is 0 Å². The second kappa shape index (κ2) is 6.76. The van der Waals surface area contributed by atoms with Gasteiger partial charge in [0.15, 0.2) is 0 Å². The van der Waals surface area contributed by atoms with E-state index in [-0.39, 0.29) is 5.57 Å². The number of benzene rings is 1. The molecule has 1 N–H and O–H groups in total. The summed E-state index contributed by atoms with van der Waals surface area (Å²) < 4.78 is 5.92. The van der Waals surface area contributed by atoms with Gasteiger partial charge >= 0.3 is 5.97 Å². The van der Waals surface area contributed by atoms with Crippen molar-refractivity contribution in [1.29, 1.82) is 0 Å². The zero-order chi connectivity index (χ0) is 12.8. The summed E-state index contributed by atoms with van der Waals surface area (Å²) in [6.07, 6.45) is -0.257. The first-order valence-corrected chi connectivity index (χ1v) is 6.43. The SMILES string of the molecule is C=C(C(=O)OCCC)C(O)c1cccc(I)c1. The van der Waals surface area contributed by atoms with Gasteiger partial charge in [-0.2, -0.15) is 0 Å². The van der Waals surface area contributed by atoms with Crippen molar-refractivity contribution in [3.05, 3.63) is 45.6 Å². The van der Waals surface area contributed by atoms with Gasteiger partial charge in [-0.1, -0.05) is 25.6 Å². The molecule has 0 bridgehead atoms. The quantitative estimate of drug-likeness (QED) is 0.507. The number of esters is 1. The van der Waals surface area contributed by atoms with Crippen LogP contribution in [0.4, 0.5) is 0 Å². The number of rotatable bonds is 5. The van der Waals surface area contributed by atoms with Crippen molar-refractivity contribution in [3.63, 3.8) is 0 Å². The van der Waals surface area contributed by atoms with Crippen molar-refractivity contribution >= 4 is 28.6 Å². The summed E-state index contributed by atoms with van der Waals surface area (Å²) in [6, 6.07) is 7.30. The molecule has 0 radical (unpaired) electrons. The highest BCUT2D eigenvalue weighted by atomic mass is 127. The third-order valence-electron chi connectivity index (χ3n) is 2.19. The van der Waals surface area contributed by atoms with Crippen molar-refractivity contribution in [2.75, 3.05) is 6.61 Å². The van der Waals surface area contributed by atoms with E-state index in [1.54, 1.807) is 6.07 Å². The number of aliphatic hydroxyl groups is 1. The summed E-state index contributed by atoms with van der Waals surface area (Å²) >= 11 is 2.15. The molecule has 0 aliphatic carbocycles. The van der Waals surface area contributed by atoms with Gasteiger partial charge in [-0.05, 0) is 46.7 Å². The van der Waals surface area contributed by atoms with E-state index in [1.165, 1.54) is 0 Å². The highest BCUT2D eigenvalue weighted by Gasteiger charge is 2.19. The molecule has 0 aliphatic heterocycles. The first-order chi connectivity index (χ1) is 8.06. The second-order valence-corrected chi connectivity index (χ2v) is 4.86. The highest BCUT2D eigenvalue weighted by molar-refractivity contribution is 14.1. The molecule has 0 aliphatic rings. The molecule has 3 nitrogen and oxygen atoms in total. The third kappa shape index (κ3) is 4.12. The molecular formula is C13H15IO3. The predicted octanol–water partition coefficient (Wildman–Crippen LogP) is 2.83. The molecule has 0 saturated carbocycles. The van der Waals surface area contributed by atoms with E-state index in [0.717, 1.165) is 9.99 Å². The van der Waals surface area contributed by atoms with Crippen LogP contribution in [-0.4, -0.2) is 17.7 Å². The molecule has 0 fully saturated rings. The van der Waals surface area contributed by atoms with E-state index in [4.69, 9.17) is 4.74 Å². The van der Waals surface area contributed by atoms with Gasteiger partial charge in [-0.25, -0.2) is 4.79 Å². The second-order valence-electron chi connectivity index (χ2n) is 3.62. The van der Waals surface area contributed by atoms with E-state index in [0.29, 0.717) is 12.2 Å². The maximum absolute atomic E-state index is 11.5. The number of halogens is 1. The average molecular weight is 346 g/mol. The Balaban J connectivity index is 2.72. The van der Waals surface area contributed by atoms with Crippen LogP contribution >= 0.6 is 22.6 Å². The minimum absolute atomic E-state index is 0.0699. The monoisotopic (exact) mass is 346 g/mol. The van der Waals surface area contributed by atoms with E-state index >= 15 is 0 Å². The molecule has 0 amide bonds. The van der Waals surface area contributed by atoms with Gasteiger partial charge in [-0.3, -0.25) is 0 Å². The first kappa shape index (κ1) is 14.2. The van der Waals surface area contributed by atoms with E-state index in [1.807, 2.05) is 25.1 Å². The topological polar surface area (TPSA) is 46.5 Å². The minimum Gasteiger partial charge on any atom is -0.462 e. The molecule has 1 rings (SSSR count). The molecule has 17 heavy (non-hydrogen) atoms. The Morgan fingerprint density at radius 3 is 2.88 bits per heavy atom. The third-order valence-corrected chi connectivity index (χ3v) is 2.86. The van der Waals surface area contributed by atoms with Crippen molar-refractivity contribution in [2.24, 2.45) is 0 Å². The number of hydrogen-bond donors (Lipinski definition) is 1. The molecule has 1 aromatic rings. The molecule has 1 unspecified atom stereocenters. The highest BCUT2D eigenvalue weighted by Crippen LogP contribution is 2.22. The van der Waals surface area contributed by atoms with Crippen molar-refractivity contribution in [2.45, 2.75) is 19.4 Å². The van der Waals surface area contributed by atoms with E-state index in [9.17, 15) is 9.90 Å². The minimum atomic E-state index is -1.01. The van der Waals surface area contributed by atoms with Gasteiger partial charge in [0.05, 0.1) is 12.2 Å². The number of carbonyl (C=O) groups excluding carboxylic acids is 1. The summed E-state index contributed by atoms with van der Waals surface area (Å²) in [7, 11) is 0. The van der Waals surface area contributed by atoms with Crippen LogP contribution in [0.5, 0.6) is 0 Å². The van der Waals surface area contributed by atoms with Crippen LogP contribution in [0.1, 0.15) is 25.0 Å². The largest absolute Gasteiger partial charge is 0.462 e. The van der Waals surface area contributed by atoms with E-state index in [2.05, 4.69) is 29.2 Å². The Labute approximate surface area is 115 Å². The first-order valence-electron chi connectivity index (χ1n) is 5.35. The summed E-state index contributed by atoms with van der Waals surface area (Å²) in [6.45, 7) is 5.84.